The lowest BCUT2D eigenvalue weighted by molar-refractivity contribution is -0.157. The van der Waals surface area contributed by atoms with Crippen molar-refractivity contribution in [2.45, 2.75) is 51.2 Å². The van der Waals surface area contributed by atoms with Crippen molar-refractivity contribution in [3.8, 4) is 5.75 Å². The lowest BCUT2D eigenvalue weighted by Gasteiger charge is -2.34. The molecule has 0 bridgehead atoms. The van der Waals surface area contributed by atoms with E-state index < -0.39 is 65.1 Å². The Kier molecular flexibility index (Phi) is 5.39. The summed E-state index contributed by atoms with van der Waals surface area (Å²) in [6, 6.07) is 5.13. The van der Waals surface area contributed by atoms with E-state index in [9.17, 15) is 34.2 Å². The molecule has 0 aromatic heterocycles. The van der Waals surface area contributed by atoms with Crippen LogP contribution in [0.25, 0.3) is 0 Å². The van der Waals surface area contributed by atoms with Crippen LogP contribution in [0.1, 0.15) is 45.7 Å². The molecule has 166 valence electrons. The number of carboxylic acid groups (broad SMARTS) is 2. The highest BCUT2D eigenvalue weighted by Gasteiger charge is 2.70. The molecule has 2 fully saturated rings. The van der Waals surface area contributed by atoms with Crippen LogP contribution in [0.2, 0.25) is 0 Å². The molecule has 3 rings (SSSR count). The standard InChI is InChI=1S/C21H24N2O8/c1-10(24)31-12-7-5-11(6-8-12)16-14-15(18(28)23(17(14)27)20(2,3)4)21(22-16,19(29)30)9-13(25)26/h5-8,14-16,22H,9H2,1-4H3,(H,25,26)(H,29,30). The Bertz CT molecular complexity index is 965. The van der Waals surface area contributed by atoms with Crippen molar-refractivity contribution in [2.75, 3.05) is 0 Å². The van der Waals surface area contributed by atoms with E-state index in [1.54, 1.807) is 32.9 Å². The van der Waals surface area contributed by atoms with E-state index in [1.807, 2.05) is 0 Å². The molecule has 2 heterocycles. The predicted octanol–water partition coefficient (Wildman–Crippen LogP) is 0.954. The maximum absolute atomic E-state index is 13.3. The van der Waals surface area contributed by atoms with Gasteiger partial charge in [0.15, 0.2) is 0 Å². The number of imide groups is 1. The molecule has 3 N–H and O–H groups in total. The summed E-state index contributed by atoms with van der Waals surface area (Å²) >= 11 is 0. The number of carboxylic acids is 2. The summed E-state index contributed by atoms with van der Waals surface area (Å²) in [4.78, 5) is 62.6. The van der Waals surface area contributed by atoms with Crippen molar-refractivity contribution in [1.29, 1.82) is 0 Å². The van der Waals surface area contributed by atoms with E-state index in [2.05, 4.69) is 5.32 Å². The minimum absolute atomic E-state index is 0.256. The molecule has 2 saturated heterocycles. The van der Waals surface area contributed by atoms with Crippen molar-refractivity contribution in [3.63, 3.8) is 0 Å². The molecule has 2 aliphatic rings. The average Bonchev–Trinajstić information content (AvgIpc) is 3.09. The molecule has 0 spiro atoms. The third kappa shape index (κ3) is 3.67. The van der Waals surface area contributed by atoms with Gasteiger partial charge in [0.25, 0.3) is 0 Å². The molecule has 0 radical (unpaired) electrons. The molecular weight excluding hydrogens is 408 g/mol. The van der Waals surface area contributed by atoms with Crippen LogP contribution in [0, 0.1) is 11.8 Å². The third-order valence-electron chi connectivity index (χ3n) is 5.64. The molecule has 10 heteroatoms. The second-order valence-electron chi connectivity index (χ2n) is 8.82. The lowest BCUT2D eigenvalue weighted by Crippen LogP contribution is -2.58. The summed E-state index contributed by atoms with van der Waals surface area (Å²) in [5.41, 5.74) is -2.59. The van der Waals surface area contributed by atoms with Crippen molar-refractivity contribution in [3.05, 3.63) is 29.8 Å². The molecule has 2 amide bonds. The number of rotatable bonds is 5. The number of fused-ring (bicyclic) bond motifs is 1. The van der Waals surface area contributed by atoms with Gasteiger partial charge in [-0.1, -0.05) is 12.1 Å². The first-order valence-corrected chi connectivity index (χ1v) is 9.69. The smallest absolute Gasteiger partial charge is 0.325 e. The zero-order valence-electron chi connectivity index (χ0n) is 17.5. The highest BCUT2D eigenvalue weighted by Crippen LogP contribution is 2.51. The van der Waals surface area contributed by atoms with Gasteiger partial charge in [-0.25, -0.2) is 0 Å². The van der Waals surface area contributed by atoms with Crippen LogP contribution in [0.4, 0.5) is 0 Å². The van der Waals surface area contributed by atoms with Gasteiger partial charge in [-0.3, -0.25) is 34.2 Å². The molecule has 2 aliphatic heterocycles. The lowest BCUT2D eigenvalue weighted by atomic mass is 9.77. The van der Waals surface area contributed by atoms with Crippen LogP contribution < -0.4 is 10.1 Å². The Morgan fingerprint density at radius 3 is 2.13 bits per heavy atom. The molecule has 1 aromatic carbocycles. The van der Waals surface area contributed by atoms with Crippen LogP contribution in [0.5, 0.6) is 5.75 Å². The van der Waals surface area contributed by atoms with E-state index in [-0.39, 0.29) is 5.75 Å². The maximum atomic E-state index is 13.3. The molecule has 4 atom stereocenters. The number of carbonyl (C=O) groups is 5. The molecule has 4 unspecified atom stereocenters. The average molecular weight is 432 g/mol. The predicted molar refractivity (Wildman–Crippen MR) is 105 cm³/mol. The zero-order valence-corrected chi connectivity index (χ0v) is 17.5. The first kappa shape index (κ1) is 22.4. The Hall–Kier alpha value is -3.27. The number of aliphatic carboxylic acids is 2. The van der Waals surface area contributed by atoms with Gasteiger partial charge in [-0.2, -0.15) is 0 Å². The second-order valence-corrected chi connectivity index (χ2v) is 8.82. The van der Waals surface area contributed by atoms with Gasteiger partial charge in [-0.15, -0.1) is 0 Å². The van der Waals surface area contributed by atoms with Crippen LogP contribution in [-0.2, 0) is 24.0 Å². The second kappa shape index (κ2) is 7.45. The highest BCUT2D eigenvalue weighted by molar-refractivity contribution is 6.10. The van der Waals surface area contributed by atoms with E-state index in [0.717, 1.165) is 4.90 Å². The Morgan fingerprint density at radius 1 is 1.10 bits per heavy atom. The topological polar surface area (TPSA) is 150 Å². The minimum atomic E-state index is -2.15. The van der Waals surface area contributed by atoms with Crippen LogP contribution in [-0.4, -0.2) is 55.9 Å². The summed E-state index contributed by atoms with van der Waals surface area (Å²) in [6.07, 6.45) is -0.872. The Morgan fingerprint density at radius 2 is 1.68 bits per heavy atom. The largest absolute Gasteiger partial charge is 0.481 e. The summed E-state index contributed by atoms with van der Waals surface area (Å²) in [5, 5.41) is 22.2. The van der Waals surface area contributed by atoms with Crippen molar-refractivity contribution >= 4 is 29.7 Å². The number of hydrogen-bond acceptors (Lipinski definition) is 7. The number of esters is 1. The van der Waals surface area contributed by atoms with Crippen molar-refractivity contribution < 1.29 is 38.9 Å². The fourth-order valence-electron chi connectivity index (χ4n) is 4.53. The van der Waals surface area contributed by atoms with Gasteiger partial charge in [0.1, 0.15) is 11.3 Å². The maximum Gasteiger partial charge on any atom is 0.325 e. The quantitative estimate of drug-likeness (QED) is 0.351. The number of likely N-dealkylation sites (tertiary alicyclic amines) is 1. The van der Waals surface area contributed by atoms with Crippen LogP contribution in [0.3, 0.4) is 0 Å². The Labute approximate surface area is 178 Å². The van der Waals surface area contributed by atoms with Gasteiger partial charge in [-0.05, 0) is 38.5 Å². The number of carbonyl (C=O) groups excluding carboxylic acids is 3. The summed E-state index contributed by atoms with van der Waals surface area (Å²) in [6.45, 7) is 6.20. The number of nitrogens with one attached hydrogen (secondary N) is 1. The first-order chi connectivity index (χ1) is 14.3. The first-order valence-electron chi connectivity index (χ1n) is 9.69. The van der Waals surface area contributed by atoms with Gasteiger partial charge < -0.3 is 14.9 Å². The summed E-state index contributed by atoms with van der Waals surface area (Å²) in [7, 11) is 0. The molecule has 10 nitrogen and oxygen atoms in total. The molecule has 0 saturated carbocycles. The fraction of sp³-hybridized carbons (Fsp3) is 0.476. The minimum Gasteiger partial charge on any atom is -0.481 e. The van der Waals surface area contributed by atoms with E-state index >= 15 is 0 Å². The number of hydrogen-bond donors (Lipinski definition) is 3. The Balaban J connectivity index is 2.12. The number of benzene rings is 1. The SMILES string of the molecule is CC(=O)Oc1ccc(C2NC(CC(=O)O)(C(=O)O)C3C(=O)N(C(C)(C)C)C(=O)C23)cc1. The molecule has 31 heavy (non-hydrogen) atoms. The third-order valence-corrected chi connectivity index (χ3v) is 5.64. The van der Waals surface area contributed by atoms with E-state index in [1.165, 1.54) is 19.1 Å². The zero-order chi connectivity index (χ0) is 23.3. The molecular formula is C21H24N2O8. The molecule has 1 aromatic rings. The highest BCUT2D eigenvalue weighted by atomic mass is 16.5. The van der Waals surface area contributed by atoms with Gasteiger partial charge in [0, 0.05) is 18.5 Å². The number of amides is 2. The van der Waals surface area contributed by atoms with Crippen molar-refractivity contribution in [2.24, 2.45) is 11.8 Å². The number of nitrogens with zero attached hydrogens (tertiary/aromatic N) is 1. The summed E-state index contributed by atoms with van der Waals surface area (Å²) in [5.74, 6) is -6.93. The van der Waals surface area contributed by atoms with Crippen LogP contribution in [0.15, 0.2) is 24.3 Å². The molecule has 0 aliphatic carbocycles. The van der Waals surface area contributed by atoms with Gasteiger partial charge >= 0.3 is 17.9 Å². The van der Waals surface area contributed by atoms with Crippen molar-refractivity contribution in [1.82, 2.24) is 10.2 Å². The van der Waals surface area contributed by atoms with Gasteiger partial charge in [0.05, 0.1) is 18.3 Å². The number of ether oxygens (including phenoxy) is 1. The van der Waals surface area contributed by atoms with E-state index in [4.69, 9.17) is 4.74 Å². The normalized spacial score (nSPS) is 27.9. The van der Waals surface area contributed by atoms with E-state index in [0.29, 0.717) is 5.56 Å². The van der Waals surface area contributed by atoms with Gasteiger partial charge in [0.2, 0.25) is 11.8 Å². The fourth-order valence-corrected chi connectivity index (χ4v) is 4.53. The monoisotopic (exact) mass is 432 g/mol. The van der Waals surface area contributed by atoms with Crippen LogP contribution >= 0.6 is 0 Å². The summed E-state index contributed by atoms with van der Waals surface area (Å²) < 4.78 is 4.99.